The molecule has 3 aromatic rings. The van der Waals surface area contributed by atoms with E-state index in [1.807, 2.05) is 60.7 Å². The van der Waals surface area contributed by atoms with Gasteiger partial charge in [-0.05, 0) is 41.5 Å². The van der Waals surface area contributed by atoms with Crippen LogP contribution in [-0.2, 0) is 9.53 Å². The van der Waals surface area contributed by atoms with Crippen LogP contribution in [0.25, 0.3) is 10.8 Å². The molecule has 3 heteroatoms. The molecular formula is C22H20O3. The van der Waals surface area contributed by atoms with Gasteiger partial charge in [-0.3, -0.25) is 0 Å². The minimum atomic E-state index is -0.524. The van der Waals surface area contributed by atoms with E-state index in [0.717, 1.165) is 27.6 Å². The molecule has 0 saturated carbocycles. The van der Waals surface area contributed by atoms with Gasteiger partial charge in [-0.15, -0.1) is 0 Å². The summed E-state index contributed by atoms with van der Waals surface area (Å²) in [4.78, 5) is 12.2. The van der Waals surface area contributed by atoms with Crippen molar-refractivity contribution in [2.75, 3.05) is 7.11 Å². The minimum absolute atomic E-state index is 0.369. The van der Waals surface area contributed by atoms with Crippen molar-refractivity contribution in [3.63, 3.8) is 0 Å². The summed E-state index contributed by atoms with van der Waals surface area (Å²) in [7, 11) is 1.62. The molecule has 0 aromatic heterocycles. The highest BCUT2D eigenvalue weighted by Crippen LogP contribution is 2.31. The molecule has 0 aliphatic heterocycles. The second-order valence-corrected chi connectivity index (χ2v) is 5.95. The van der Waals surface area contributed by atoms with Crippen LogP contribution >= 0.6 is 0 Å². The standard InChI is InChI=1S/C22H20O3/c1-15(2)22(23)25-21(18-9-6-10-20(14-18)24-3)19-12-11-16-7-4-5-8-17(16)13-19/h4-14,21H,1H2,2-3H3. The van der Waals surface area contributed by atoms with E-state index in [-0.39, 0.29) is 0 Å². The Kier molecular flexibility index (Phi) is 4.85. The number of methoxy groups -OCH3 is 1. The van der Waals surface area contributed by atoms with E-state index < -0.39 is 12.1 Å². The van der Waals surface area contributed by atoms with Crippen LogP contribution in [0.15, 0.2) is 78.9 Å². The third-order valence-electron chi connectivity index (χ3n) is 4.05. The predicted molar refractivity (Wildman–Crippen MR) is 99.7 cm³/mol. The fourth-order valence-electron chi connectivity index (χ4n) is 2.71. The zero-order valence-electron chi connectivity index (χ0n) is 14.4. The van der Waals surface area contributed by atoms with Crippen LogP contribution < -0.4 is 4.74 Å². The lowest BCUT2D eigenvalue weighted by molar-refractivity contribution is -0.142. The van der Waals surface area contributed by atoms with E-state index in [0.29, 0.717) is 5.57 Å². The molecule has 0 heterocycles. The van der Waals surface area contributed by atoms with Gasteiger partial charge in [-0.2, -0.15) is 0 Å². The zero-order valence-corrected chi connectivity index (χ0v) is 14.4. The van der Waals surface area contributed by atoms with Crippen molar-refractivity contribution in [2.24, 2.45) is 0 Å². The fourth-order valence-corrected chi connectivity index (χ4v) is 2.71. The third-order valence-corrected chi connectivity index (χ3v) is 4.05. The molecule has 0 N–H and O–H groups in total. The number of esters is 1. The Balaban J connectivity index is 2.07. The largest absolute Gasteiger partial charge is 0.497 e. The van der Waals surface area contributed by atoms with Gasteiger partial charge in [-0.25, -0.2) is 4.79 Å². The van der Waals surface area contributed by atoms with Crippen LogP contribution in [0.3, 0.4) is 0 Å². The number of rotatable bonds is 5. The fraction of sp³-hybridized carbons (Fsp3) is 0.136. The Bertz CT molecular complexity index is 927. The van der Waals surface area contributed by atoms with Crippen LogP contribution in [0.2, 0.25) is 0 Å². The first kappa shape index (κ1) is 16.8. The quantitative estimate of drug-likeness (QED) is 0.484. The first-order chi connectivity index (χ1) is 12.1. The zero-order chi connectivity index (χ0) is 17.8. The number of carbonyl (C=O) groups is 1. The molecule has 0 bridgehead atoms. The summed E-state index contributed by atoms with van der Waals surface area (Å²) < 4.78 is 11.0. The molecule has 1 atom stereocenters. The summed E-state index contributed by atoms with van der Waals surface area (Å²) in [6, 6.07) is 21.7. The lowest BCUT2D eigenvalue weighted by atomic mass is 9.98. The molecule has 3 aromatic carbocycles. The molecule has 0 aliphatic rings. The third kappa shape index (κ3) is 3.72. The van der Waals surface area contributed by atoms with Crippen molar-refractivity contribution in [2.45, 2.75) is 13.0 Å². The average molecular weight is 332 g/mol. The van der Waals surface area contributed by atoms with Crippen LogP contribution in [-0.4, -0.2) is 13.1 Å². The van der Waals surface area contributed by atoms with E-state index in [9.17, 15) is 4.79 Å². The molecule has 3 nitrogen and oxygen atoms in total. The molecule has 3 rings (SSSR count). The van der Waals surface area contributed by atoms with E-state index in [4.69, 9.17) is 9.47 Å². The van der Waals surface area contributed by atoms with Gasteiger partial charge in [0.15, 0.2) is 6.10 Å². The van der Waals surface area contributed by atoms with E-state index in [1.54, 1.807) is 14.0 Å². The summed E-state index contributed by atoms with van der Waals surface area (Å²) in [6.07, 6.45) is -0.524. The van der Waals surface area contributed by atoms with Crippen LogP contribution in [0.5, 0.6) is 5.75 Å². The molecule has 0 aliphatic carbocycles. The number of hydrogen-bond donors (Lipinski definition) is 0. The number of hydrogen-bond acceptors (Lipinski definition) is 3. The van der Waals surface area contributed by atoms with Crippen LogP contribution in [0.1, 0.15) is 24.2 Å². The van der Waals surface area contributed by atoms with Crippen molar-refractivity contribution in [1.29, 1.82) is 0 Å². The van der Waals surface area contributed by atoms with Gasteiger partial charge in [0.2, 0.25) is 0 Å². The van der Waals surface area contributed by atoms with Crippen LogP contribution in [0, 0.1) is 0 Å². The summed E-state index contributed by atoms with van der Waals surface area (Å²) in [5.41, 5.74) is 2.12. The predicted octanol–water partition coefficient (Wildman–Crippen LogP) is 5.06. The molecule has 25 heavy (non-hydrogen) atoms. The maximum atomic E-state index is 12.2. The van der Waals surface area contributed by atoms with E-state index >= 15 is 0 Å². The first-order valence-corrected chi connectivity index (χ1v) is 8.07. The average Bonchev–Trinajstić information content (AvgIpc) is 2.65. The van der Waals surface area contributed by atoms with Gasteiger partial charge in [0.05, 0.1) is 7.11 Å². The first-order valence-electron chi connectivity index (χ1n) is 8.07. The van der Waals surface area contributed by atoms with E-state index in [1.165, 1.54) is 0 Å². The maximum Gasteiger partial charge on any atom is 0.334 e. The maximum absolute atomic E-state index is 12.2. The van der Waals surface area contributed by atoms with Gasteiger partial charge < -0.3 is 9.47 Å². The Morgan fingerprint density at radius 2 is 1.64 bits per heavy atom. The van der Waals surface area contributed by atoms with Crippen molar-refractivity contribution in [3.8, 4) is 5.75 Å². The van der Waals surface area contributed by atoms with E-state index in [2.05, 4.69) is 12.6 Å². The van der Waals surface area contributed by atoms with Crippen molar-refractivity contribution in [1.82, 2.24) is 0 Å². The highest BCUT2D eigenvalue weighted by Gasteiger charge is 2.20. The number of benzene rings is 3. The van der Waals surface area contributed by atoms with Gasteiger partial charge in [0.1, 0.15) is 5.75 Å². The van der Waals surface area contributed by atoms with Gasteiger partial charge in [0, 0.05) is 11.1 Å². The lowest BCUT2D eigenvalue weighted by Gasteiger charge is -2.20. The molecule has 126 valence electrons. The Morgan fingerprint density at radius 1 is 0.920 bits per heavy atom. The van der Waals surface area contributed by atoms with Crippen LogP contribution in [0.4, 0.5) is 0 Å². The van der Waals surface area contributed by atoms with Gasteiger partial charge >= 0.3 is 5.97 Å². The molecule has 0 fully saturated rings. The summed E-state index contributed by atoms with van der Waals surface area (Å²) in [6.45, 7) is 5.32. The summed E-state index contributed by atoms with van der Waals surface area (Å²) in [5.74, 6) is 0.302. The lowest BCUT2D eigenvalue weighted by Crippen LogP contribution is -2.13. The second-order valence-electron chi connectivity index (χ2n) is 5.95. The number of carbonyl (C=O) groups excluding carboxylic acids is 1. The summed E-state index contributed by atoms with van der Waals surface area (Å²) >= 11 is 0. The molecule has 0 saturated heterocycles. The summed E-state index contributed by atoms with van der Waals surface area (Å²) in [5, 5.41) is 2.24. The van der Waals surface area contributed by atoms with Crippen molar-refractivity contribution >= 4 is 16.7 Å². The molecule has 1 unspecified atom stereocenters. The highest BCUT2D eigenvalue weighted by molar-refractivity contribution is 5.87. The molecule has 0 spiro atoms. The highest BCUT2D eigenvalue weighted by atomic mass is 16.5. The molecule has 0 radical (unpaired) electrons. The second kappa shape index (κ2) is 7.22. The minimum Gasteiger partial charge on any atom is -0.497 e. The number of ether oxygens (including phenoxy) is 2. The molecule has 0 amide bonds. The topological polar surface area (TPSA) is 35.5 Å². The molecular weight excluding hydrogens is 312 g/mol. The van der Waals surface area contributed by atoms with Gasteiger partial charge in [-0.1, -0.05) is 55.1 Å². The van der Waals surface area contributed by atoms with Gasteiger partial charge in [0.25, 0.3) is 0 Å². The van der Waals surface area contributed by atoms with Crippen molar-refractivity contribution in [3.05, 3.63) is 90.0 Å². The Hall–Kier alpha value is -3.07. The SMILES string of the molecule is C=C(C)C(=O)OC(c1cccc(OC)c1)c1ccc2ccccc2c1. The Labute approximate surface area is 147 Å². The Morgan fingerprint density at radius 3 is 2.36 bits per heavy atom. The smallest absolute Gasteiger partial charge is 0.334 e. The monoisotopic (exact) mass is 332 g/mol. The van der Waals surface area contributed by atoms with Crippen molar-refractivity contribution < 1.29 is 14.3 Å². The number of fused-ring (bicyclic) bond motifs is 1. The normalized spacial score (nSPS) is 11.8.